The second-order valence-electron chi connectivity index (χ2n) is 8.46. The molecule has 0 spiro atoms. The van der Waals surface area contributed by atoms with Crippen LogP contribution in [0.5, 0.6) is 0 Å². The number of aryl methyl sites for hydroxylation is 1. The third-order valence-corrected chi connectivity index (χ3v) is 6.55. The van der Waals surface area contributed by atoms with Crippen LogP contribution < -0.4 is 0 Å². The van der Waals surface area contributed by atoms with E-state index in [-0.39, 0.29) is 0 Å². The molecule has 0 aliphatic heterocycles. The number of nitrogens with zero attached hydrogens (tertiary/aromatic N) is 5. The van der Waals surface area contributed by atoms with Crippen LogP contribution in [0, 0.1) is 0 Å². The molecule has 0 unspecified atom stereocenters. The lowest BCUT2D eigenvalue weighted by molar-refractivity contribution is 0.796. The summed E-state index contributed by atoms with van der Waals surface area (Å²) in [5, 5.41) is 2.22. The average Bonchev–Trinajstić information content (AvgIpc) is 3.47. The fraction of sp³-hybridized carbons (Fsp3) is 0.0690. The first-order valence-electron chi connectivity index (χ1n) is 11.5. The van der Waals surface area contributed by atoms with Gasteiger partial charge in [-0.15, -0.1) is 0 Å². The summed E-state index contributed by atoms with van der Waals surface area (Å²) in [6, 6.07) is 31.3. The van der Waals surface area contributed by atoms with Crippen molar-refractivity contribution in [2.75, 3.05) is 0 Å². The van der Waals surface area contributed by atoms with E-state index < -0.39 is 0 Å². The molecule has 5 nitrogen and oxygen atoms in total. The van der Waals surface area contributed by atoms with E-state index in [0.717, 1.165) is 67.8 Å². The van der Waals surface area contributed by atoms with Crippen molar-refractivity contribution in [2.45, 2.75) is 13.5 Å². The molecule has 7 aromatic rings. The third-order valence-electron chi connectivity index (χ3n) is 6.55. The zero-order valence-corrected chi connectivity index (χ0v) is 18.7. The van der Waals surface area contributed by atoms with Crippen LogP contribution in [0.15, 0.2) is 97.2 Å². The number of imidazole rings is 2. The molecule has 0 amide bonds. The number of hydrogen-bond acceptors (Lipinski definition) is 3. The Labute approximate surface area is 196 Å². The Balaban J connectivity index is 1.43. The molecule has 0 aliphatic rings. The molecular formula is C29H21N5. The molecule has 0 radical (unpaired) electrons. The van der Waals surface area contributed by atoms with Crippen molar-refractivity contribution < 1.29 is 0 Å². The standard InChI is InChI=1S/C29H21N5/c1-2-33-24-12-6-5-11-23(24)30-28(33)20-16-14-19(15-17-20)26-21-9-3-4-10-22(21)27-29(32-26)34-18-8-7-13-25(34)31-27/h3-18H,2H2,1H3. The molecule has 3 aromatic carbocycles. The minimum atomic E-state index is 0.870. The highest BCUT2D eigenvalue weighted by Crippen LogP contribution is 2.34. The Bertz CT molecular complexity index is 1840. The van der Waals surface area contributed by atoms with Crippen LogP contribution in [-0.4, -0.2) is 23.9 Å². The van der Waals surface area contributed by atoms with E-state index in [1.54, 1.807) is 0 Å². The van der Waals surface area contributed by atoms with Crippen LogP contribution in [0.2, 0.25) is 0 Å². The summed E-state index contributed by atoms with van der Waals surface area (Å²) in [7, 11) is 0. The van der Waals surface area contributed by atoms with Gasteiger partial charge in [0.1, 0.15) is 17.0 Å². The SMILES string of the molecule is CCn1c(-c2ccc(-c3nc4c(nc5ccccn54)c4ccccc34)cc2)nc2ccccc21. The molecule has 34 heavy (non-hydrogen) atoms. The van der Waals surface area contributed by atoms with Crippen molar-refractivity contribution in [3.8, 4) is 22.6 Å². The number of aromatic nitrogens is 5. The smallest absolute Gasteiger partial charge is 0.165 e. The van der Waals surface area contributed by atoms with E-state index in [2.05, 4.69) is 82.6 Å². The summed E-state index contributed by atoms with van der Waals surface area (Å²) in [5.41, 5.74) is 8.03. The van der Waals surface area contributed by atoms with Crippen molar-refractivity contribution in [1.82, 2.24) is 23.9 Å². The van der Waals surface area contributed by atoms with Crippen LogP contribution >= 0.6 is 0 Å². The molecule has 0 N–H and O–H groups in total. The van der Waals surface area contributed by atoms with Gasteiger partial charge in [-0.3, -0.25) is 4.40 Å². The van der Waals surface area contributed by atoms with Gasteiger partial charge >= 0.3 is 0 Å². The fourth-order valence-corrected chi connectivity index (χ4v) is 4.95. The van der Waals surface area contributed by atoms with Crippen LogP contribution in [0.3, 0.4) is 0 Å². The van der Waals surface area contributed by atoms with Crippen molar-refractivity contribution >= 4 is 38.6 Å². The van der Waals surface area contributed by atoms with Gasteiger partial charge in [0.05, 0.1) is 16.7 Å². The second kappa shape index (κ2) is 7.25. The second-order valence-corrected chi connectivity index (χ2v) is 8.46. The van der Waals surface area contributed by atoms with Gasteiger partial charge in [0.25, 0.3) is 0 Å². The van der Waals surface area contributed by atoms with E-state index in [1.165, 1.54) is 0 Å². The minimum absolute atomic E-state index is 0.870. The lowest BCUT2D eigenvalue weighted by Gasteiger charge is -2.09. The Morgan fingerprint density at radius 1 is 0.676 bits per heavy atom. The lowest BCUT2D eigenvalue weighted by Crippen LogP contribution is -1.97. The number of para-hydroxylation sites is 2. The maximum atomic E-state index is 5.11. The summed E-state index contributed by atoms with van der Waals surface area (Å²) in [4.78, 5) is 14.9. The number of fused-ring (bicyclic) bond motifs is 6. The van der Waals surface area contributed by atoms with Crippen molar-refractivity contribution in [3.63, 3.8) is 0 Å². The van der Waals surface area contributed by atoms with Gasteiger partial charge in [-0.05, 0) is 31.2 Å². The fourth-order valence-electron chi connectivity index (χ4n) is 4.95. The molecule has 162 valence electrons. The molecule has 0 aliphatic carbocycles. The largest absolute Gasteiger partial charge is 0.324 e. The normalized spacial score (nSPS) is 11.8. The first-order valence-corrected chi connectivity index (χ1v) is 11.5. The quantitative estimate of drug-likeness (QED) is 0.306. The highest BCUT2D eigenvalue weighted by molar-refractivity contribution is 6.09. The van der Waals surface area contributed by atoms with E-state index in [4.69, 9.17) is 15.0 Å². The Hall–Kier alpha value is -4.51. The van der Waals surface area contributed by atoms with Gasteiger partial charge in [0.2, 0.25) is 0 Å². The first kappa shape index (κ1) is 19.0. The summed E-state index contributed by atoms with van der Waals surface area (Å²) >= 11 is 0. The molecular weight excluding hydrogens is 418 g/mol. The maximum Gasteiger partial charge on any atom is 0.165 e. The van der Waals surface area contributed by atoms with E-state index in [1.807, 2.05) is 30.5 Å². The molecule has 5 heteroatoms. The highest BCUT2D eigenvalue weighted by atomic mass is 15.1. The molecule has 0 saturated carbocycles. The predicted molar refractivity (Wildman–Crippen MR) is 138 cm³/mol. The molecule has 4 aromatic heterocycles. The highest BCUT2D eigenvalue weighted by Gasteiger charge is 2.16. The molecule has 7 rings (SSSR count). The van der Waals surface area contributed by atoms with E-state index >= 15 is 0 Å². The zero-order chi connectivity index (χ0) is 22.6. The van der Waals surface area contributed by atoms with Gasteiger partial charge in [-0.2, -0.15) is 0 Å². The molecule has 4 heterocycles. The van der Waals surface area contributed by atoms with Crippen LogP contribution in [0.25, 0.3) is 61.3 Å². The van der Waals surface area contributed by atoms with Gasteiger partial charge in [-0.1, -0.05) is 66.7 Å². The molecule has 0 atom stereocenters. The Kier molecular flexibility index (Phi) is 4.05. The van der Waals surface area contributed by atoms with Crippen LogP contribution in [0.1, 0.15) is 6.92 Å². The average molecular weight is 440 g/mol. The number of hydrogen-bond donors (Lipinski definition) is 0. The number of benzene rings is 3. The minimum Gasteiger partial charge on any atom is -0.324 e. The van der Waals surface area contributed by atoms with Gasteiger partial charge in [-0.25, -0.2) is 15.0 Å². The third kappa shape index (κ3) is 2.70. The summed E-state index contributed by atoms with van der Waals surface area (Å²) in [6.45, 7) is 3.03. The maximum absolute atomic E-state index is 5.11. The molecule has 0 fully saturated rings. The van der Waals surface area contributed by atoms with E-state index in [9.17, 15) is 0 Å². The summed E-state index contributed by atoms with van der Waals surface area (Å²) in [5.74, 6) is 0.991. The Morgan fingerprint density at radius 2 is 1.41 bits per heavy atom. The molecule has 0 bridgehead atoms. The van der Waals surface area contributed by atoms with Crippen LogP contribution in [0.4, 0.5) is 0 Å². The number of rotatable bonds is 3. The van der Waals surface area contributed by atoms with Gasteiger partial charge in [0, 0.05) is 34.6 Å². The Morgan fingerprint density at radius 3 is 2.26 bits per heavy atom. The van der Waals surface area contributed by atoms with Crippen molar-refractivity contribution in [1.29, 1.82) is 0 Å². The van der Waals surface area contributed by atoms with Crippen molar-refractivity contribution in [2.24, 2.45) is 0 Å². The summed E-state index contributed by atoms with van der Waals surface area (Å²) < 4.78 is 4.33. The topological polar surface area (TPSA) is 48.0 Å². The van der Waals surface area contributed by atoms with Gasteiger partial charge < -0.3 is 4.57 Å². The van der Waals surface area contributed by atoms with Crippen molar-refractivity contribution in [3.05, 3.63) is 97.2 Å². The first-order chi connectivity index (χ1) is 16.8. The van der Waals surface area contributed by atoms with Gasteiger partial charge in [0.15, 0.2) is 5.65 Å². The lowest BCUT2D eigenvalue weighted by atomic mass is 10.0. The zero-order valence-electron chi connectivity index (χ0n) is 18.7. The predicted octanol–water partition coefficient (Wildman–Crippen LogP) is 6.74. The monoisotopic (exact) mass is 439 g/mol. The molecule has 0 saturated heterocycles. The van der Waals surface area contributed by atoms with Crippen LogP contribution in [-0.2, 0) is 6.54 Å². The number of pyridine rings is 2. The van der Waals surface area contributed by atoms with E-state index in [0.29, 0.717) is 0 Å². The summed E-state index contributed by atoms with van der Waals surface area (Å²) in [6.07, 6.45) is 2.02.